The number of piperazine rings is 1. The Kier molecular flexibility index (Phi) is 5.38. The SMILES string of the molecule is O=C(c1ccc([N+](=O)[O-])cc1)N1CCN(S(=O)(=O)c2ccc(F)c(F)c2)CC1. The van der Waals surface area contributed by atoms with E-state index in [0.717, 1.165) is 16.4 Å². The highest BCUT2D eigenvalue weighted by Crippen LogP contribution is 2.21. The van der Waals surface area contributed by atoms with Crippen molar-refractivity contribution < 1.29 is 26.9 Å². The lowest BCUT2D eigenvalue weighted by Crippen LogP contribution is -2.50. The highest BCUT2D eigenvalue weighted by atomic mass is 32.2. The Morgan fingerprint density at radius 1 is 0.964 bits per heavy atom. The Labute approximate surface area is 159 Å². The van der Waals surface area contributed by atoms with Crippen molar-refractivity contribution in [1.82, 2.24) is 9.21 Å². The van der Waals surface area contributed by atoms with Gasteiger partial charge in [0, 0.05) is 43.9 Å². The van der Waals surface area contributed by atoms with Crippen LogP contribution in [0.3, 0.4) is 0 Å². The summed E-state index contributed by atoms with van der Waals surface area (Å²) < 4.78 is 52.6. The first-order valence-electron chi connectivity index (χ1n) is 8.19. The largest absolute Gasteiger partial charge is 0.336 e. The number of sulfonamides is 1. The van der Waals surface area contributed by atoms with Gasteiger partial charge in [-0.3, -0.25) is 14.9 Å². The maximum atomic E-state index is 13.4. The first-order valence-corrected chi connectivity index (χ1v) is 9.63. The highest BCUT2D eigenvalue weighted by Gasteiger charge is 2.31. The molecule has 0 radical (unpaired) electrons. The minimum absolute atomic E-state index is 0.0138. The molecule has 0 aliphatic carbocycles. The van der Waals surface area contributed by atoms with Crippen LogP contribution in [0.1, 0.15) is 10.4 Å². The molecule has 28 heavy (non-hydrogen) atoms. The van der Waals surface area contributed by atoms with Crippen molar-refractivity contribution in [3.8, 4) is 0 Å². The standard InChI is InChI=1S/C17H15F2N3O5S/c18-15-6-5-14(11-16(15)19)28(26,27)21-9-7-20(8-10-21)17(23)12-1-3-13(4-2-12)22(24)25/h1-6,11H,7-10H2. The van der Waals surface area contributed by atoms with Crippen LogP contribution in [-0.2, 0) is 10.0 Å². The quantitative estimate of drug-likeness (QED) is 0.566. The molecule has 0 spiro atoms. The molecule has 1 aliphatic rings. The summed E-state index contributed by atoms with van der Waals surface area (Å²) in [6, 6.07) is 7.47. The number of benzene rings is 2. The van der Waals surface area contributed by atoms with Crippen molar-refractivity contribution in [3.63, 3.8) is 0 Å². The zero-order chi connectivity index (χ0) is 20.5. The minimum Gasteiger partial charge on any atom is -0.336 e. The molecule has 0 unspecified atom stereocenters. The van der Waals surface area contributed by atoms with Gasteiger partial charge in [-0.25, -0.2) is 17.2 Å². The third-order valence-electron chi connectivity index (χ3n) is 4.38. The number of carbonyl (C=O) groups is 1. The minimum atomic E-state index is -4.02. The van der Waals surface area contributed by atoms with E-state index < -0.39 is 26.6 Å². The predicted molar refractivity (Wildman–Crippen MR) is 94.1 cm³/mol. The molecule has 0 bridgehead atoms. The van der Waals surface area contributed by atoms with Crippen LogP contribution in [0.2, 0.25) is 0 Å². The van der Waals surface area contributed by atoms with Crippen LogP contribution in [0.5, 0.6) is 0 Å². The van der Waals surface area contributed by atoms with Crippen molar-refractivity contribution in [1.29, 1.82) is 0 Å². The van der Waals surface area contributed by atoms with Gasteiger partial charge >= 0.3 is 0 Å². The summed E-state index contributed by atoms with van der Waals surface area (Å²) in [7, 11) is -4.02. The first kappa shape index (κ1) is 19.8. The van der Waals surface area contributed by atoms with E-state index in [4.69, 9.17) is 0 Å². The number of nitrogens with zero attached hydrogens (tertiary/aromatic N) is 3. The van der Waals surface area contributed by atoms with E-state index in [1.807, 2.05) is 0 Å². The van der Waals surface area contributed by atoms with Crippen molar-refractivity contribution in [2.24, 2.45) is 0 Å². The smallest absolute Gasteiger partial charge is 0.269 e. The van der Waals surface area contributed by atoms with Gasteiger partial charge in [-0.05, 0) is 30.3 Å². The normalized spacial score (nSPS) is 15.4. The Hall–Kier alpha value is -2.92. The molecule has 2 aromatic rings. The first-order chi connectivity index (χ1) is 13.2. The Morgan fingerprint density at radius 2 is 1.57 bits per heavy atom. The van der Waals surface area contributed by atoms with Crippen LogP contribution < -0.4 is 0 Å². The number of non-ortho nitro benzene ring substituents is 1. The molecule has 1 amide bonds. The van der Waals surface area contributed by atoms with Crippen molar-refractivity contribution >= 4 is 21.6 Å². The molecule has 148 valence electrons. The number of hydrogen-bond donors (Lipinski definition) is 0. The molecule has 3 rings (SSSR count). The van der Waals surface area contributed by atoms with E-state index in [-0.39, 0.29) is 48.2 Å². The average molecular weight is 411 g/mol. The van der Waals surface area contributed by atoms with Gasteiger partial charge in [0.15, 0.2) is 11.6 Å². The van der Waals surface area contributed by atoms with E-state index in [0.29, 0.717) is 6.07 Å². The van der Waals surface area contributed by atoms with Gasteiger partial charge in [0.05, 0.1) is 9.82 Å². The fraction of sp³-hybridized carbons (Fsp3) is 0.235. The van der Waals surface area contributed by atoms with Crippen molar-refractivity contribution in [2.75, 3.05) is 26.2 Å². The van der Waals surface area contributed by atoms with Crippen LogP contribution in [0, 0.1) is 21.7 Å². The van der Waals surface area contributed by atoms with Gasteiger partial charge in [0.1, 0.15) is 0 Å². The fourth-order valence-corrected chi connectivity index (χ4v) is 4.26. The summed E-state index contributed by atoms with van der Waals surface area (Å²) in [5, 5.41) is 10.7. The maximum absolute atomic E-state index is 13.4. The van der Waals surface area contributed by atoms with E-state index >= 15 is 0 Å². The Morgan fingerprint density at radius 3 is 2.11 bits per heavy atom. The molecule has 11 heteroatoms. The second-order valence-corrected chi connectivity index (χ2v) is 8.01. The number of nitro benzene ring substituents is 1. The molecule has 0 aromatic heterocycles. The van der Waals surface area contributed by atoms with Gasteiger partial charge < -0.3 is 4.90 Å². The number of nitro groups is 1. The second kappa shape index (κ2) is 7.60. The summed E-state index contributed by atoms with van der Waals surface area (Å²) in [5.74, 6) is -2.77. The molecule has 1 aliphatic heterocycles. The molecule has 0 saturated carbocycles. The summed E-state index contributed by atoms with van der Waals surface area (Å²) in [5.41, 5.74) is 0.113. The van der Waals surface area contributed by atoms with E-state index in [1.54, 1.807) is 0 Å². The maximum Gasteiger partial charge on any atom is 0.269 e. The molecule has 1 heterocycles. The molecule has 1 saturated heterocycles. The lowest BCUT2D eigenvalue weighted by Gasteiger charge is -2.34. The van der Waals surface area contributed by atoms with Crippen molar-refractivity contribution in [3.05, 3.63) is 69.8 Å². The lowest BCUT2D eigenvalue weighted by molar-refractivity contribution is -0.384. The molecular weight excluding hydrogens is 396 g/mol. The molecule has 8 nitrogen and oxygen atoms in total. The number of rotatable bonds is 4. The van der Waals surface area contributed by atoms with Gasteiger partial charge in [-0.2, -0.15) is 4.31 Å². The number of hydrogen-bond acceptors (Lipinski definition) is 5. The monoisotopic (exact) mass is 411 g/mol. The highest BCUT2D eigenvalue weighted by molar-refractivity contribution is 7.89. The summed E-state index contributed by atoms with van der Waals surface area (Å²) >= 11 is 0. The average Bonchev–Trinajstić information content (AvgIpc) is 2.69. The predicted octanol–water partition coefficient (Wildman–Crippen LogP) is 2.02. The van der Waals surface area contributed by atoms with E-state index in [9.17, 15) is 32.1 Å². The number of amides is 1. The molecule has 0 N–H and O–H groups in total. The summed E-state index contributed by atoms with van der Waals surface area (Å²) in [6.45, 7) is 0.164. The van der Waals surface area contributed by atoms with Gasteiger partial charge in [-0.1, -0.05) is 0 Å². The zero-order valence-corrected chi connectivity index (χ0v) is 15.2. The lowest BCUT2D eigenvalue weighted by atomic mass is 10.1. The third-order valence-corrected chi connectivity index (χ3v) is 6.27. The van der Waals surface area contributed by atoms with Crippen LogP contribution in [0.25, 0.3) is 0 Å². The van der Waals surface area contributed by atoms with E-state index in [1.165, 1.54) is 29.2 Å². The Balaban J connectivity index is 1.68. The Bertz CT molecular complexity index is 1020. The van der Waals surface area contributed by atoms with Crippen LogP contribution in [0.4, 0.5) is 14.5 Å². The molecular formula is C17H15F2N3O5S. The molecule has 2 aromatic carbocycles. The fourth-order valence-electron chi connectivity index (χ4n) is 2.83. The number of halogens is 2. The van der Waals surface area contributed by atoms with Crippen LogP contribution >= 0.6 is 0 Å². The second-order valence-electron chi connectivity index (χ2n) is 6.08. The molecule has 1 fully saturated rings. The summed E-state index contributed by atoms with van der Waals surface area (Å²) in [6.07, 6.45) is 0. The van der Waals surface area contributed by atoms with Gasteiger partial charge in [-0.15, -0.1) is 0 Å². The zero-order valence-electron chi connectivity index (χ0n) is 14.4. The van der Waals surface area contributed by atoms with Crippen molar-refractivity contribution in [2.45, 2.75) is 4.90 Å². The topological polar surface area (TPSA) is 101 Å². The van der Waals surface area contributed by atoms with E-state index in [2.05, 4.69) is 0 Å². The van der Waals surface area contributed by atoms with Gasteiger partial charge in [0.2, 0.25) is 10.0 Å². The third kappa shape index (κ3) is 3.85. The number of carbonyl (C=O) groups excluding carboxylic acids is 1. The summed E-state index contributed by atoms with van der Waals surface area (Å²) in [4.78, 5) is 23.7. The van der Waals surface area contributed by atoms with Gasteiger partial charge in [0.25, 0.3) is 11.6 Å². The van der Waals surface area contributed by atoms with Crippen LogP contribution in [-0.4, -0.2) is 54.6 Å². The van der Waals surface area contributed by atoms with Crippen LogP contribution in [0.15, 0.2) is 47.4 Å². The molecule has 0 atom stereocenters.